The van der Waals surface area contributed by atoms with Gasteiger partial charge in [-0.2, -0.15) is 5.10 Å². The molecule has 3 aromatic rings. The lowest BCUT2D eigenvalue weighted by Gasteiger charge is -2.31. The van der Waals surface area contributed by atoms with Gasteiger partial charge in [-0.05, 0) is 24.1 Å². The van der Waals surface area contributed by atoms with Gasteiger partial charge in [0, 0.05) is 37.7 Å². The number of imidazole rings is 1. The highest BCUT2D eigenvalue weighted by Crippen LogP contribution is 2.31. The highest BCUT2D eigenvalue weighted by molar-refractivity contribution is 5.77. The average molecular weight is 365 g/mol. The van der Waals surface area contributed by atoms with Crippen molar-refractivity contribution >= 4 is 5.91 Å². The summed E-state index contributed by atoms with van der Waals surface area (Å²) >= 11 is 0. The molecule has 1 unspecified atom stereocenters. The average Bonchev–Trinajstić information content (AvgIpc) is 3.34. The van der Waals surface area contributed by atoms with Gasteiger partial charge in [0.25, 0.3) is 0 Å². The van der Waals surface area contributed by atoms with Crippen molar-refractivity contribution in [2.75, 3.05) is 13.7 Å². The molecule has 0 aliphatic carbocycles. The van der Waals surface area contributed by atoms with Crippen LogP contribution in [0, 0.1) is 0 Å². The second-order valence-corrected chi connectivity index (χ2v) is 6.89. The molecular formula is C20H23N5O2. The summed E-state index contributed by atoms with van der Waals surface area (Å²) in [4.78, 5) is 22.4. The van der Waals surface area contributed by atoms with Crippen LogP contribution in [0.2, 0.25) is 0 Å². The molecule has 4 rings (SSSR count). The second-order valence-electron chi connectivity index (χ2n) is 6.89. The van der Waals surface area contributed by atoms with Crippen LogP contribution in [0.5, 0.6) is 5.75 Å². The molecule has 140 valence electrons. The Bertz CT molecular complexity index is 928. The highest BCUT2D eigenvalue weighted by atomic mass is 16.5. The van der Waals surface area contributed by atoms with Gasteiger partial charge >= 0.3 is 0 Å². The van der Waals surface area contributed by atoms with Crippen molar-refractivity contribution in [3.8, 4) is 5.75 Å². The molecule has 1 amide bonds. The third-order valence-corrected chi connectivity index (χ3v) is 5.10. The minimum Gasteiger partial charge on any atom is -0.497 e. The normalized spacial score (nSPS) is 16.2. The summed E-state index contributed by atoms with van der Waals surface area (Å²) in [5.41, 5.74) is 4.24. The number of benzene rings is 1. The Labute approximate surface area is 158 Å². The third kappa shape index (κ3) is 3.58. The van der Waals surface area contributed by atoms with E-state index >= 15 is 0 Å². The predicted octanol–water partition coefficient (Wildman–Crippen LogP) is 2.26. The zero-order chi connectivity index (χ0) is 18.8. The van der Waals surface area contributed by atoms with E-state index in [0.29, 0.717) is 25.9 Å². The number of rotatable bonds is 5. The summed E-state index contributed by atoms with van der Waals surface area (Å²) in [6.45, 7) is 1.21. The molecule has 0 saturated heterocycles. The van der Waals surface area contributed by atoms with Crippen molar-refractivity contribution < 1.29 is 9.53 Å². The maximum Gasteiger partial charge on any atom is 0.223 e. The van der Waals surface area contributed by atoms with Gasteiger partial charge in [-0.3, -0.25) is 9.48 Å². The number of nitrogens with zero attached hydrogens (tertiary/aromatic N) is 4. The zero-order valence-corrected chi connectivity index (χ0v) is 15.6. The van der Waals surface area contributed by atoms with Gasteiger partial charge in [0.05, 0.1) is 37.6 Å². The molecule has 0 spiro atoms. The number of H-pyrrole nitrogens is 1. The van der Waals surface area contributed by atoms with E-state index in [2.05, 4.69) is 15.1 Å². The van der Waals surface area contributed by atoms with Gasteiger partial charge in [-0.15, -0.1) is 0 Å². The Kier molecular flexibility index (Phi) is 4.66. The number of aromatic amines is 1. The van der Waals surface area contributed by atoms with Crippen LogP contribution in [-0.2, 0) is 24.8 Å². The number of hydrogen-bond acceptors (Lipinski definition) is 4. The molecule has 1 aliphatic heterocycles. The Morgan fingerprint density at radius 2 is 2.15 bits per heavy atom. The van der Waals surface area contributed by atoms with E-state index in [1.165, 1.54) is 0 Å². The number of amides is 1. The van der Waals surface area contributed by atoms with E-state index in [9.17, 15) is 4.79 Å². The summed E-state index contributed by atoms with van der Waals surface area (Å²) in [5, 5.41) is 4.27. The lowest BCUT2D eigenvalue weighted by Crippen LogP contribution is -2.38. The zero-order valence-electron chi connectivity index (χ0n) is 15.6. The fraction of sp³-hybridized carbons (Fsp3) is 0.350. The SMILES string of the molecule is COc1ccc(CCC(=O)N2Cc3[nH]cnc3C(c3cnn(C)c3)C2)cc1. The minimum absolute atomic E-state index is 0.0543. The summed E-state index contributed by atoms with van der Waals surface area (Å²) in [5.74, 6) is 1.03. The van der Waals surface area contributed by atoms with Crippen LogP contribution in [0.4, 0.5) is 0 Å². The third-order valence-electron chi connectivity index (χ3n) is 5.10. The fourth-order valence-electron chi connectivity index (χ4n) is 3.60. The summed E-state index contributed by atoms with van der Waals surface area (Å²) in [6, 6.07) is 7.87. The Morgan fingerprint density at radius 3 is 2.85 bits per heavy atom. The lowest BCUT2D eigenvalue weighted by molar-refractivity contribution is -0.132. The Morgan fingerprint density at radius 1 is 1.33 bits per heavy atom. The van der Waals surface area contributed by atoms with Crippen LogP contribution in [0.15, 0.2) is 43.0 Å². The molecule has 7 heteroatoms. The maximum absolute atomic E-state index is 12.9. The quantitative estimate of drug-likeness (QED) is 0.752. The topological polar surface area (TPSA) is 76.0 Å². The molecule has 0 fully saturated rings. The highest BCUT2D eigenvalue weighted by Gasteiger charge is 2.31. The first-order chi connectivity index (χ1) is 13.1. The number of hydrogen-bond donors (Lipinski definition) is 1. The van der Waals surface area contributed by atoms with Crippen LogP contribution >= 0.6 is 0 Å². The van der Waals surface area contributed by atoms with E-state index in [1.807, 2.05) is 48.6 Å². The Balaban J connectivity index is 1.46. The molecule has 0 saturated carbocycles. The van der Waals surface area contributed by atoms with Crippen molar-refractivity contribution in [3.63, 3.8) is 0 Å². The number of carbonyl (C=O) groups is 1. The van der Waals surface area contributed by atoms with Gasteiger partial charge in [-0.1, -0.05) is 12.1 Å². The minimum atomic E-state index is 0.0543. The number of methoxy groups -OCH3 is 1. The number of carbonyl (C=O) groups excluding carboxylic acids is 1. The first-order valence-corrected chi connectivity index (χ1v) is 9.05. The summed E-state index contributed by atoms with van der Waals surface area (Å²) < 4.78 is 6.96. The van der Waals surface area contributed by atoms with Crippen LogP contribution < -0.4 is 4.74 Å². The molecule has 1 aromatic carbocycles. The first-order valence-electron chi connectivity index (χ1n) is 9.05. The van der Waals surface area contributed by atoms with E-state index in [-0.39, 0.29) is 11.8 Å². The largest absolute Gasteiger partial charge is 0.497 e. The van der Waals surface area contributed by atoms with Gasteiger partial charge in [-0.25, -0.2) is 4.98 Å². The molecule has 3 heterocycles. The van der Waals surface area contributed by atoms with E-state index in [0.717, 1.165) is 28.3 Å². The molecule has 1 aliphatic rings. The number of ether oxygens (including phenoxy) is 1. The van der Waals surface area contributed by atoms with Crippen LogP contribution in [0.1, 0.15) is 34.9 Å². The van der Waals surface area contributed by atoms with Crippen LogP contribution in [-0.4, -0.2) is 44.2 Å². The molecule has 2 aromatic heterocycles. The van der Waals surface area contributed by atoms with Crippen molar-refractivity contribution in [1.82, 2.24) is 24.6 Å². The second kappa shape index (κ2) is 7.26. The van der Waals surface area contributed by atoms with E-state index < -0.39 is 0 Å². The first kappa shape index (κ1) is 17.3. The molecule has 7 nitrogen and oxygen atoms in total. The molecule has 1 N–H and O–H groups in total. The standard InChI is InChI=1S/C20H23N5O2/c1-24-10-15(9-23-24)17-11-25(12-18-20(17)22-13-21-18)19(26)8-5-14-3-6-16(27-2)7-4-14/h3-4,6-7,9-10,13,17H,5,8,11-12H2,1-2H3,(H,21,22). The maximum atomic E-state index is 12.9. The van der Waals surface area contributed by atoms with Crippen LogP contribution in [0.3, 0.4) is 0 Å². The molecule has 1 atom stereocenters. The van der Waals surface area contributed by atoms with E-state index in [1.54, 1.807) is 18.1 Å². The molecule has 27 heavy (non-hydrogen) atoms. The fourth-order valence-corrected chi connectivity index (χ4v) is 3.60. The Hall–Kier alpha value is -3.09. The summed E-state index contributed by atoms with van der Waals surface area (Å²) in [7, 11) is 3.55. The number of nitrogens with one attached hydrogen (secondary N) is 1. The van der Waals surface area contributed by atoms with Crippen molar-refractivity contribution in [1.29, 1.82) is 0 Å². The molecule has 0 bridgehead atoms. The number of aromatic nitrogens is 4. The van der Waals surface area contributed by atoms with Gasteiger partial charge in [0.2, 0.25) is 5.91 Å². The van der Waals surface area contributed by atoms with Crippen molar-refractivity contribution in [2.45, 2.75) is 25.3 Å². The van der Waals surface area contributed by atoms with Gasteiger partial charge in [0.15, 0.2) is 0 Å². The van der Waals surface area contributed by atoms with E-state index in [4.69, 9.17) is 4.74 Å². The van der Waals surface area contributed by atoms with Crippen molar-refractivity contribution in [3.05, 3.63) is 65.5 Å². The number of aryl methyl sites for hydroxylation is 2. The van der Waals surface area contributed by atoms with Gasteiger partial charge < -0.3 is 14.6 Å². The number of fused-ring (bicyclic) bond motifs is 1. The smallest absolute Gasteiger partial charge is 0.223 e. The molecule has 0 radical (unpaired) electrons. The molecular weight excluding hydrogens is 342 g/mol. The van der Waals surface area contributed by atoms with Crippen LogP contribution in [0.25, 0.3) is 0 Å². The van der Waals surface area contributed by atoms with Gasteiger partial charge in [0.1, 0.15) is 5.75 Å². The summed E-state index contributed by atoms with van der Waals surface area (Å²) in [6.07, 6.45) is 6.75. The lowest BCUT2D eigenvalue weighted by atomic mass is 9.93. The predicted molar refractivity (Wildman–Crippen MR) is 100 cm³/mol. The van der Waals surface area contributed by atoms with Crippen molar-refractivity contribution in [2.24, 2.45) is 7.05 Å². The monoisotopic (exact) mass is 365 g/mol.